The van der Waals surface area contributed by atoms with Crippen LogP contribution in [0.5, 0.6) is 0 Å². The Hall–Kier alpha value is -3.26. The van der Waals surface area contributed by atoms with Crippen LogP contribution in [0.4, 0.5) is 4.39 Å². The number of amides is 1. The summed E-state index contributed by atoms with van der Waals surface area (Å²) in [6.45, 7) is 3.70. The molecule has 2 aromatic carbocycles. The number of H-pyrrole nitrogens is 1. The number of rotatable bonds is 5. The molecule has 2 heterocycles. The van der Waals surface area contributed by atoms with Crippen LogP contribution in [0.2, 0.25) is 0 Å². The first kappa shape index (κ1) is 21.0. The standard InChI is InChI=1S/C23H24FN3O4/c1-2-31-16-9-11-26(12-10-16)22(29)18-13-15(7-8-19(18)24)14-27-20-6-4-3-5-17(20)21(28)25-23(27)30/h3-8,13,16H,2,9-12,14H2,1H3,(H,25,28,30). The monoisotopic (exact) mass is 425 g/mol. The van der Waals surface area contributed by atoms with Crippen LogP contribution in [0.25, 0.3) is 10.9 Å². The maximum absolute atomic E-state index is 14.5. The number of fused-ring (bicyclic) bond motifs is 1. The lowest BCUT2D eigenvalue weighted by Gasteiger charge is -2.32. The Kier molecular flexibility index (Phi) is 5.99. The molecule has 0 aliphatic carbocycles. The zero-order chi connectivity index (χ0) is 22.0. The summed E-state index contributed by atoms with van der Waals surface area (Å²) in [6.07, 6.45) is 1.57. The minimum absolute atomic E-state index is 0.0193. The number of ether oxygens (including phenoxy) is 1. The smallest absolute Gasteiger partial charge is 0.329 e. The number of piperidine rings is 1. The van der Waals surface area contributed by atoms with Gasteiger partial charge in [0.25, 0.3) is 11.5 Å². The predicted molar refractivity (Wildman–Crippen MR) is 115 cm³/mol. The Balaban J connectivity index is 1.61. The third kappa shape index (κ3) is 4.29. The number of nitrogens with zero attached hydrogens (tertiary/aromatic N) is 2. The third-order valence-corrected chi connectivity index (χ3v) is 5.64. The average molecular weight is 425 g/mol. The maximum atomic E-state index is 14.5. The maximum Gasteiger partial charge on any atom is 0.329 e. The molecule has 0 atom stereocenters. The predicted octanol–water partition coefficient (Wildman–Crippen LogP) is 2.52. The van der Waals surface area contributed by atoms with Gasteiger partial charge < -0.3 is 9.64 Å². The molecule has 3 aromatic rings. The average Bonchev–Trinajstić information content (AvgIpc) is 2.78. The van der Waals surface area contributed by atoms with Crippen LogP contribution in [-0.4, -0.2) is 46.2 Å². The number of hydrogen-bond donors (Lipinski definition) is 1. The van der Waals surface area contributed by atoms with Crippen molar-refractivity contribution in [2.24, 2.45) is 0 Å². The van der Waals surface area contributed by atoms with E-state index >= 15 is 0 Å². The second kappa shape index (κ2) is 8.85. The zero-order valence-electron chi connectivity index (χ0n) is 17.3. The molecule has 0 radical (unpaired) electrons. The Labute approximate surface area is 178 Å². The normalized spacial score (nSPS) is 14.8. The van der Waals surface area contributed by atoms with Gasteiger partial charge in [-0.15, -0.1) is 0 Å². The molecular weight excluding hydrogens is 401 g/mol. The summed E-state index contributed by atoms with van der Waals surface area (Å²) in [5.74, 6) is -0.965. The number of benzene rings is 2. The van der Waals surface area contributed by atoms with Crippen LogP contribution in [0, 0.1) is 5.82 Å². The fourth-order valence-corrected chi connectivity index (χ4v) is 4.05. The van der Waals surface area contributed by atoms with Crippen LogP contribution >= 0.6 is 0 Å². The summed E-state index contributed by atoms with van der Waals surface area (Å²) in [5, 5.41) is 0.387. The highest BCUT2D eigenvalue weighted by atomic mass is 19.1. The van der Waals surface area contributed by atoms with Crippen molar-refractivity contribution in [2.45, 2.75) is 32.4 Å². The van der Waals surface area contributed by atoms with Crippen molar-refractivity contribution in [3.8, 4) is 0 Å². The molecule has 1 aromatic heterocycles. The molecule has 0 spiro atoms. The quantitative estimate of drug-likeness (QED) is 0.681. The number of nitrogens with one attached hydrogen (secondary N) is 1. The number of carbonyl (C=O) groups excluding carboxylic acids is 1. The molecule has 162 valence electrons. The van der Waals surface area contributed by atoms with E-state index in [2.05, 4.69) is 4.98 Å². The van der Waals surface area contributed by atoms with E-state index in [0.717, 1.165) is 12.8 Å². The molecule has 8 heteroatoms. The van der Waals surface area contributed by atoms with Crippen molar-refractivity contribution in [3.63, 3.8) is 0 Å². The summed E-state index contributed by atoms with van der Waals surface area (Å²) >= 11 is 0. The van der Waals surface area contributed by atoms with E-state index in [9.17, 15) is 18.8 Å². The van der Waals surface area contributed by atoms with E-state index in [0.29, 0.717) is 36.2 Å². The molecule has 4 rings (SSSR count). The molecule has 0 unspecified atom stereocenters. The number of likely N-dealkylation sites (tertiary alicyclic amines) is 1. The molecule has 0 saturated carbocycles. The molecule has 0 bridgehead atoms. The van der Waals surface area contributed by atoms with Crippen LogP contribution < -0.4 is 11.2 Å². The lowest BCUT2D eigenvalue weighted by Crippen LogP contribution is -2.41. The topological polar surface area (TPSA) is 84.4 Å². The highest BCUT2D eigenvalue weighted by molar-refractivity contribution is 5.94. The van der Waals surface area contributed by atoms with Gasteiger partial charge in [-0.3, -0.25) is 19.1 Å². The minimum Gasteiger partial charge on any atom is -0.378 e. The number of para-hydroxylation sites is 1. The van der Waals surface area contributed by atoms with Crippen molar-refractivity contribution < 1.29 is 13.9 Å². The van der Waals surface area contributed by atoms with Gasteiger partial charge in [0.15, 0.2) is 0 Å². The number of aromatic nitrogens is 2. The first-order valence-electron chi connectivity index (χ1n) is 10.4. The van der Waals surface area contributed by atoms with Gasteiger partial charge in [-0.2, -0.15) is 0 Å². The molecule has 1 fully saturated rings. The second-order valence-electron chi connectivity index (χ2n) is 7.62. The van der Waals surface area contributed by atoms with Gasteiger partial charge >= 0.3 is 5.69 Å². The van der Waals surface area contributed by atoms with Crippen LogP contribution in [0.15, 0.2) is 52.1 Å². The highest BCUT2D eigenvalue weighted by Crippen LogP contribution is 2.20. The summed E-state index contributed by atoms with van der Waals surface area (Å²) in [5.41, 5.74) is 0.0371. The van der Waals surface area contributed by atoms with Gasteiger partial charge in [0.05, 0.1) is 29.1 Å². The summed E-state index contributed by atoms with van der Waals surface area (Å²) < 4.78 is 21.5. The van der Waals surface area contributed by atoms with Gasteiger partial charge in [-0.25, -0.2) is 9.18 Å². The fraction of sp³-hybridized carbons (Fsp3) is 0.348. The Morgan fingerprint density at radius 2 is 1.90 bits per heavy atom. The molecule has 1 N–H and O–H groups in total. The Morgan fingerprint density at radius 3 is 2.65 bits per heavy atom. The summed E-state index contributed by atoms with van der Waals surface area (Å²) in [7, 11) is 0. The number of aromatic amines is 1. The van der Waals surface area contributed by atoms with Gasteiger partial charge in [-0.05, 0) is 49.6 Å². The van der Waals surface area contributed by atoms with Gasteiger partial charge in [0.2, 0.25) is 0 Å². The molecular formula is C23H24FN3O4. The first-order chi connectivity index (χ1) is 15.0. The van der Waals surface area contributed by atoms with Gasteiger partial charge in [0, 0.05) is 19.7 Å². The van der Waals surface area contributed by atoms with E-state index in [4.69, 9.17) is 4.74 Å². The van der Waals surface area contributed by atoms with E-state index in [1.165, 1.54) is 16.7 Å². The Bertz CT molecular complexity index is 1230. The lowest BCUT2D eigenvalue weighted by molar-refractivity contribution is 0.0144. The molecule has 31 heavy (non-hydrogen) atoms. The molecule has 7 nitrogen and oxygen atoms in total. The number of halogens is 1. The lowest BCUT2D eigenvalue weighted by atomic mass is 10.0. The fourth-order valence-electron chi connectivity index (χ4n) is 4.05. The van der Waals surface area contributed by atoms with E-state index in [1.54, 1.807) is 35.2 Å². The van der Waals surface area contributed by atoms with Crippen molar-refractivity contribution >= 4 is 16.8 Å². The number of hydrogen-bond acceptors (Lipinski definition) is 4. The van der Waals surface area contributed by atoms with E-state index < -0.39 is 17.1 Å². The van der Waals surface area contributed by atoms with Crippen LogP contribution in [0.1, 0.15) is 35.7 Å². The zero-order valence-corrected chi connectivity index (χ0v) is 17.3. The largest absolute Gasteiger partial charge is 0.378 e. The molecule has 1 saturated heterocycles. The van der Waals surface area contributed by atoms with E-state index in [1.807, 2.05) is 6.92 Å². The first-order valence-corrected chi connectivity index (χ1v) is 10.4. The van der Waals surface area contributed by atoms with Crippen LogP contribution in [-0.2, 0) is 11.3 Å². The summed E-state index contributed by atoms with van der Waals surface area (Å²) in [6, 6.07) is 11.0. The van der Waals surface area contributed by atoms with Gasteiger partial charge in [-0.1, -0.05) is 18.2 Å². The van der Waals surface area contributed by atoms with Crippen molar-refractivity contribution in [1.82, 2.24) is 14.5 Å². The summed E-state index contributed by atoms with van der Waals surface area (Å²) in [4.78, 5) is 41.4. The Morgan fingerprint density at radius 1 is 1.16 bits per heavy atom. The van der Waals surface area contributed by atoms with Crippen molar-refractivity contribution in [1.29, 1.82) is 0 Å². The molecule has 1 aliphatic heterocycles. The third-order valence-electron chi connectivity index (χ3n) is 5.64. The number of carbonyl (C=O) groups is 1. The van der Waals surface area contributed by atoms with Crippen LogP contribution in [0.3, 0.4) is 0 Å². The highest BCUT2D eigenvalue weighted by Gasteiger charge is 2.25. The van der Waals surface area contributed by atoms with Crippen molar-refractivity contribution in [2.75, 3.05) is 19.7 Å². The second-order valence-corrected chi connectivity index (χ2v) is 7.62. The van der Waals surface area contributed by atoms with Crippen molar-refractivity contribution in [3.05, 3.63) is 80.2 Å². The molecule has 1 amide bonds. The minimum atomic E-state index is -0.598. The SMILES string of the molecule is CCOC1CCN(C(=O)c2cc(Cn3c(=O)[nH]c(=O)c4ccccc43)ccc2F)CC1. The van der Waals surface area contributed by atoms with E-state index in [-0.39, 0.29) is 24.1 Å². The molecule has 1 aliphatic rings. The van der Waals surface area contributed by atoms with Gasteiger partial charge in [0.1, 0.15) is 5.82 Å².